The molecule has 1 nitrogen and oxygen atoms in total. The minimum absolute atomic E-state index is 0.241. The Hall–Kier alpha value is -0.0831. The number of hydrogen-bond acceptors (Lipinski definition) is 1. The highest BCUT2D eigenvalue weighted by molar-refractivity contribution is 6.38. The van der Waals surface area contributed by atoms with Crippen molar-refractivity contribution >= 4 is 9.76 Å². The van der Waals surface area contributed by atoms with Crippen LogP contribution in [-0.4, -0.2) is 16.9 Å². The molecule has 0 aromatic carbocycles. The number of allylic oxidation sites excluding steroid dienone is 2. The third-order valence-corrected chi connectivity index (χ3v) is 6.23. The molecule has 0 aliphatic heterocycles. The molecular formula is C16H30OSi. The van der Waals surface area contributed by atoms with Gasteiger partial charge in [0.25, 0.3) is 0 Å². The average molecular weight is 267 g/mol. The second-order valence-electron chi connectivity index (χ2n) is 6.28. The Morgan fingerprint density at radius 2 is 1.50 bits per heavy atom. The van der Waals surface area contributed by atoms with Gasteiger partial charge < -0.3 is 4.43 Å². The van der Waals surface area contributed by atoms with Gasteiger partial charge >= 0.3 is 0 Å². The van der Waals surface area contributed by atoms with Crippen LogP contribution in [0.1, 0.15) is 70.6 Å². The van der Waals surface area contributed by atoms with Crippen LogP contribution in [0, 0.1) is 11.8 Å². The van der Waals surface area contributed by atoms with Crippen LogP contribution in [0.5, 0.6) is 0 Å². The Morgan fingerprint density at radius 3 is 1.89 bits per heavy atom. The average Bonchev–Trinajstić information content (AvgIpc) is 3.14. The van der Waals surface area contributed by atoms with Crippen molar-refractivity contribution in [3.05, 3.63) is 11.3 Å². The summed E-state index contributed by atoms with van der Waals surface area (Å²) in [7, 11) is 1.57. The number of rotatable bonds is 3. The topological polar surface area (TPSA) is 9.23 Å². The van der Waals surface area contributed by atoms with E-state index < -0.39 is 0 Å². The Kier molecular flexibility index (Phi) is 6.50. The largest absolute Gasteiger partial charge is 0.422 e. The molecule has 0 unspecified atom stereocenters. The van der Waals surface area contributed by atoms with Crippen LogP contribution < -0.4 is 0 Å². The summed E-state index contributed by atoms with van der Waals surface area (Å²) in [5.41, 5.74) is 0. The van der Waals surface area contributed by atoms with Gasteiger partial charge in [0.1, 0.15) is 0 Å². The Bertz CT molecular complexity index is 236. The maximum absolute atomic E-state index is 5.10. The summed E-state index contributed by atoms with van der Waals surface area (Å²) < 4.78 is 5.10. The normalized spacial score (nSPS) is 25.7. The molecule has 0 saturated heterocycles. The highest BCUT2D eigenvalue weighted by atomic mass is 28.2. The third-order valence-electron chi connectivity index (χ3n) is 4.93. The molecule has 3 aliphatic carbocycles. The highest BCUT2D eigenvalue weighted by Crippen LogP contribution is 2.39. The Balaban J connectivity index is 0.000000138. The van der Waals surface area contributed by atoms with E-state index in [1.807, 2.05) is 7.11 Å². The Morgan fingerprint density at radius 1 is 0.944 bits per heavy atom. The second kappa shape index (κ2) is 8.16. The van der Waals surface area contributed by atoms with E-state index in [-0.39, 0.29) is 9.76 Å². The van der Waals surface area contributed by atoms with Gasteiger partial charge in [-0.05, 0) is 31.1 Å². The van der Waals surface area contributed by atoms with E-state index in [4.69, 9.17) is 4.43 Å². The molecule has 2 heteroatoms. The fraction of sp³-hybridized carbons (Fsp3) is 0.875. The lowest BCUT2D eigenvalue weighted by Crippen LogP contribution is -2.06. The third kappa shape index (κ3) is 4.54. The van der Waals surface area contributed by atoms with Crippen LogP contribution in [0.2, 0.25) is 0 Å². The molecule has 0 spiro atoms. The van der Waals surface area contributed by atoms with Crippen LogP contribution in [0.15, 0.2) is 11.3 Å². The molecule has 0 aromatic heterocycles. The van der Waals surface area contributed by atoms with Crippen molar-refractivity contribution in [1.29, 1.82) is 0 Å². The van der Waals surface area contributed by atoms with E-state index in [1.54, 1.807) is 30.9 Å². The first-order valence-electron chi connectivity index (χ1n) is 8.07. The SMILES string of the molecule is C1CCC(C2CCCC2)C1.CO[SiH2]C1=CCCC1. The molecule has 0 atom stereocenters. The van der Waals surface area contributed by atoms with E-state index in [0.717, 1.165) is 11.8 Å². The van der Waals surface area contributed by atoms with Crippen LogP contribution >= 0.6 is 0 Å². The molecule has 2 saturated carbocycles. The first-order chi connectivity index (χ1) is 8.90. The lowest BCUT2D eigenvalue weighted by Gasteiger charge is -2.16. The van der Waals surface area contributed by atoms with Gasteiger partial charge in [0, 0.05) is 7.11 Å². The minimum Gasteiger partial charge on any atom is -0.422 e. The number of hydrogen-bond donors (Lipinski definition) is 0. The summed E-state index contributed by atoms with van der Waals surface area (Å²) in [4.78, 5) is 0. The molecule has 0 heterocycles. The van der Waals surface area contributed by atoms with Crippen LogP contribution in [0.3, 0.4) is 0 Å². The minimum atomic E-state index is -0.241. The maximum atomic E-state index is 5.10. The first kappa shape index (κ1) is 14.3. The molecule has 0 aromatic rings. The summed E-state index contributed by atoms with van der Waals surface area (Å²) in [5.74, 6) is 2.31. The van der Waals surface area contributed by atoms with Crippen molar-refractivity contribution in [2.45, 2.75) is 70.6 Å². The van der Waals surface area contributed by atoms with E-state index in [9.17, 15) is 0 Å². The zero-order valence-corrected chi connectivity index (χ0v) is 13.5. The molecule has 0 bridgehead atoms. The van der Waals surface area contributed by atoms with Crippen molar-refractivity contribution < 1.29 is 4.43 Å². The van der Waals surface area contributed by atoms with Crippen LogP contribution in [-0.2, 0) is 4.43 Å². The summed E-state index contributed by atoms with van der Waals surface area (Å²) >= 11 is 0. The molecule has 2 fully saturated rings. The summed E-state index contributed by atoms with van der Waals surface area (Å²) in [6.45, 7) is 0. The van der Waals surface area contributed by atoms with Gasteiger partial charge in [0.2, 0.25) is 0 Å². The quantitative estimate of drug-likeness (QED) is 0.697. The van der Waals surface area contributed by atoms with Crippen LogP contribution in [0.25, 0.3) is 0 Å². The molecule has 18 heavy (non-hydrogen) atoms. The van der Waals surface area contributed by atoms with Gasteiger partial charge in [-0.25, -0.2) is 0 Å². The van der Waals surface area contributed by atoms with Gasteiger partial charge in [0.05, 0.1) is 0 Å². The molecule has 104 valence electrons. The van der Waals surface area contributed by atoms with Crippen LogP contribution in [0.4, 0.5) is 0 Å². The zero-order valence-electron chi connectivity index (χ0n) is 12.1. The van der Waals surface area contributed by atoms with E-state index in [0.29, 0.717) is 0 Å². The first-order valence-corrected chi connectivity index (χ1v) is 9.35. The predicted octanol–water partition coefficient (Wildman–Crippen LogP) is 4.15. The molecule has 3 aliphatic rings. The molecular weight excluding hydrogens is 236 g/mol. The van der Waals surface area contributed by atoms with Crippen molar-refractivity contribution in [2.24, 2.45) is 11.8 Å². The summed E-state index contributed by atoms with van der Waals surface area (Å²) in [5, 5.41) is 1.62. The van der Waals surface area contributed by atoms with E-state index in [1.165, 1.54) is 44.9 Å². The zero-order chi connectivity index (χ0) is 12.6. The monoisotopic (exact) mass is 266 g/mol. The molecule has 0 N–H and O–H groups in total. The van der Waals surface area contributed by atoms with E-state index in [2.05, 4.69) is 6.08 Å². The van der Waals surface area contributed by atoms with Crippen molar-refractivity contribution in [2.75, 3.05) is 7.11 Å². The molecule has 0 radical (unpaired) electrons. The van der Waals surface area contributed by atoms with Gasteiger partial charge in [-0.3, -0.25) is 0 Å². The fourth-order valence-corrected chi connectivity index (χ4v) is 5.00. The molecule has 3 rings (SSSR count). The van der Waals surface area contributed by atoms with Crippen molar-refractivity contribution in [1.82, 2.24) is 0 Å². The standard InChI is InChI=1S/C10H18.C6H12OSi/c1-2-6-9(5-1)10-7-3-4-8-10;1-7-8-6-4-2-3-5-6/h9-10H,1-8H2;4H,2-3,5,8H2,1H3. The Labute approximate surface area is 115 Å². The summed E-state index contributed by atoms with van der Waals surface area (Å²) in [6.07, 6.45) is 18.7. The second-order valence-corrected chi connectivity index (χ2v) is 8.05. The van der Waals surface area contributed by atoms with Gasteiger partial charge in [-0.1, -0.05) is 62.6 Å². The van der Waals surface area contributed by atoms with Crippen molar-refractivity contribution in [3.63, 3.8) is 0 Å². The van der Waals surface area contributed by atoms with Gasteiger partial charge in [-0.15, -0.1) is 0 Å². The maximum Gasteiger partial charge on any atom is 0.187 e. The van der Waals surface area contributed by atoms with Crippen molar-refractivity contribution in [3.8, 4) is 0 Å². The highest BCUT2D eigenvalue weighted by Gasteiger charge is 2.26. The predicted molar refractivity (Wildman–Crippen MR) is 81.4 cm³/mol. The van der Waals surface area contributed by atoms with Gasteiger partial charge in [0.15, 0.2) is 9.76 Å². The van der Waals surface area contributed by atoms with Gasteiger partial charge in [-0.2, -0.15) is 0 Å². The van der Waals surface area contributed by atoms with E-state index >= 15 is 0 Å². The lowest BCUT2D eigenvalue weighted by molar-refractivity contribution is 0.347. The lowest BCUT2D eigenvalue weighted by atomic mass is 9.90. The smallest absolute Gasteiger partial charge is 0.187 e. The molecule has 0 amide bonds. The summed E-state index contributed by atoms with van der Waals surface area (Å²) in [6, 6.07) is 0. The fourth-order valence-electron chi connectivity index (χ4n) is 3.91.